The van der Waals surface area contributed by atoms with E-state index in [0.717, 1.165) is 0 Å². The van der Waals surface area contributed by atoms with Gasteiger partial charge in [-0.2, -0.15) is 0 Å². The summed E-state index contributed by atoms with van der Waals surface area (Å²) >= 11 is 0. The Kier molecular flexibility index (Phi) is 1.41. The van der Waals surface area contributed by atoms with Crippen LogP contribution < -0.4 is 5.73 Å². The summed E-state index contributed by atoms with van der Waals surface area (Å²) in [6, 6.07) is 0. The Balaban J connectivity index is 2.44. The lowest BCUT2D eigenvalue weighted by atomic mass is 9.92. The van der Waals surface area contributed by atoms with Crippen molar-refractivity contribution in [3.63, 3.8) is 0 Å². The van der Waals surface area contributed by atoms with Crippen molar-refractivity contribution >= 4 is 11.9 Å². The molecule has 3 N–H and O–H groups in total. The number of nitrogens with two attached hydrogens (primary N) is 1. The molecule has 0 spiro atoms. The molecule has 0 aromatic rings. The molecule has 0 aliphatic heterocycles. The minimum Gasteiger partial charge on any atom is -0.480 e. The van der Waals surface area contributed by atoms with Gasteiger partial charge in [0.2, 0.25) is 0 Å². The van der Waals surface area contributed by atoms with Crippen molar-refractivity contribution < 1.29 is 19.1 Å². The van der Waals surface area contributed by atoms with E-state index in [0.29, 0.717) is 6.42 Å². The van der Waals surface area contributed by atoms with Gasteiger partial charge in [-0.05, 0) is 18.3 Å². The van der Waals surface area contributed by atoms with Gasteiger partial charge >= 0.3 is 5.97 Å². The molecule has 2 rings (SSSR count). The topological polar surface area (TPSA) is 80.4 Å². The minimum atomic E-state index is -1.89. The third-order valence-corrected chi connectivity index (χ3v) is 2.98. The van der Waals surface area contributed by atoms with E-state index >= 15 is 0 Å². The zero-order valence-corrected chi connectivity index (χ0v) is 6.66. The van der Waals surface area contributed by atoms with Crippen molar-refractivity contribution in [1.82, 2.24) is 0 Å². The summed E-state index contributed by atoms with van der Waals surface area (Å²) < 4.78 is 13.4. The highest BCUT2D eigenvalue weighted by atomic mass is 19.1. The highest BCUT2D eigenvalue weighted by Gasteiger charge is 2.69. The fourth-order valence-corrected chi connectivity index (χ4v) is 2.09. The molecule has 5 heteroatoms. The van der Waals surface area contributed by atoms with Crippen molar-refractivity contribution in [2.24, 2.45) is 17.6 Å². The fourth-order valence-electron chi connectivity index (χ4n) is 2.09. The monoisotopic (exact) mass is 185 g/mol. The lowest BCUT2D eigenvalue weighted by Crippen LogP contribution is -2.55. The lowest BCUT2D eigenvalue weighted by molar-refractivity contribution is -0.145. The quantitative estimate of drug-likeness (QED) is 0.540. The van der Waals surface area contributed by atoms with Gasteiger partial charge in [-0.25, -0.2) is 9.18 Å². The summed E-state index contributed by atoms with van der Waals surface area (Å²) in [6.45, 7) is 0. The number of aliphatic carboxylic acids is 1. The van der Waals surface area contributed by atoms with Crippen molar-refractivity contribution in [3.8, 4) is 0 Å². The first-order valence-corrected chi connectivity index (χ1v) is 3.94. The maximum Gasteiger partial charge on any atom is 0.327 e. The molecule has 2 fully saturated rings. The molecule has 0 radical (unpaired) electrons. The smallest absolute Gasteiger partial charge is 0.327 e. The van der Waals surface area contributed by atoms with Crippen LogP contribution in [0.5, 0.6) is 0 Å². The van der Waals surface area contributed by atoms with Crippen LogP contribution >= 0.6 is 0 Å². The highest BCUT2D eigenvalue weighted by Crippen LogP contribution is 2.59. The van der Waals surface area contributed by atoms with Crippen LogP contribution in [0.4, 0.5) is 4.39 Å². The maximum atomic E-state index is 13.4. The van der Waals surface area contributed by atoms with Crippen molar-refractivity contribution in [1.29, 1.82) is 0 Å². The van der Waals surface area contributed by atoms with Gasteiger partial charge in [0.05, 0.1) is 5.57 Å². The number of fused-ring (bicyclic) bond motifs is 1. The zero-order chi connectivity index (χ0) is 9.80. The van der Waals surface area contributed by atoms with Gasteiger partial charge < -0.3 is 10.8 Å². The molecule has 2 aliphatic rings. The Morgan fingerprint density at radius 3 is 2.69 bits per heavy atom. The highest BCUT2D eigenvalue weighted by molar-refractivity contribution is 5.85. The maximum absolute atomic E-state index is 13.4. The number of carbonyl (C=O) groups excluding carboxylic acids is 1. The predicted molar refractivity (Wildman–Crippen MR) is 40.3 cm³/mol. The SMILES string of the molecule is NC1(C(=O)O)C(F)C(=C=O)C2CC21. The lowest BCUT2D eigenvalue weighted by Gasteiger charge is -2.23. The number of carbonyl (C=O) groups is 1. The molecule has 4 atom stereocenters. The Morgan fingerprint density at radius 2 is 2.38 bits per heavy atom. The standard InChI is InChI=1S/C8H8FNO3/c9-6-4(2-11)3-1-5(3)8(6,10)7(12)13/h3,5-6H,1,10H2,(H,12,13). The van der Waals surface area contributed by atoms with Crippen molar-refractivity contribution in [2.45, 2.75) is 18.1 Å². The second kappa shape index (κ2) is 2.19. The van der Waals surface area contributed by atoms with Crippen LogP contribution in [0.1, 0.15) is 6.42 Å². The van der Waals surface area contributed by atoms with E-state index in [9.17, 15) is 14.0 Å². The summed E-state index contributed by atoms with van der Waals surface area (Å²) in [6.07, 6.45) is -1.38. The number of hydrogen-bond acceptors (Lipinski definition) is 3. The van der Waals surface area contributed by atoms with Crippen molar-refractivity contribution in [3.05, 3.63) is 5.57 Å². The molecule has 70 valence electrons. The number of halogens is 1. The van der Waals surface area contributed by atoms with Crippen LogP contribution in [0.3, 0.4) is 0 Å². The molecule has 13 heavy (non-hydrogen) atoms. The van der Waals surface area contributed by atoms with Crippen LogP contribution in [0, 0.1) is 11.8 Å². The van der Waals surface area contributed by atoms with E-state index in [1.807, 2.05) is 0 Å². The summed E-state index contributed by atoms with van der Waals surface area (Å²) in [7, 11) is 0. The van der Waals surface area contributed by atoms with Gasteiger partial charge in [-0.3, -0.25) is 4.79 Å². The average Bonchev–Trinajstić information content (AvgIpc) is 2.80. The number of carboxylic acid groups (broad SMARTS) is 1. The van der Waals surface area contributed by atoms with Gasteiger partial charge in [0.25, 0.3) is 0 Å². The van der Waals surface area contributed by atoms with Gasteiger partial charge in [-0.15, -0.1) is 0 Å². The fraction of sp³-hybridized carbons (Fsp3) is 0.625. The second-order valence-electron chi connectivity index (χ2n) is 3.61. The molecule has 0 heterocycles. The summed E-state index contributed by atoms with van der Waals surface area (Å²) in [5.41, 5.74) is 3.43. The van der Waals surface area contributed by atoms with E-state index in [-0.39, 0.29) is 11.5 Å². The number of hydrogen-bond donors (Lipinski definition) is 2. The van der Waals surface area contributed by atoms with Gasteiger partial charge in [0, 0.05) is 0 Å². The molecule has 2 aliphatic carbocycles. The van der Waals surface area contributed by atoms with E-state index in [2.05, 4.69) is 0 Å². The molecule has 4 nitrogen and oxygen atoms in total. The van der Waals surface area contributed by atoms with Crippen LogP contribution in [0.25, 0.3) is 0 Å². The minimum absolute atomic E-state index is 0.102. The first-order valence-electron chi connectivity index (χ1n) is 3.94. The Bertz CT molecular complexity index is 336. The number of carboxylic acids is 1. The molecule has 0 amide bonds. The third-order valence-electron chi connectivity index (χ3n) is 2.98. The summed E-state index contributed by atoms with van der Waals surface area (Å²) in [5.74, 6) is -0.617. The van der Waals surface area contributed by atoms with Gasteiger partial charge in [-0.1, -0.05) is 0 Å². The Hall–Kier alpha value is -1.19. The first kappa shape index (κ1) is 8.41. The summed E-state index contributed by atoms with van der Waals surface area (Å²) in [5, 5.41) is 8.75. The number of alkyl halides is 1. The van der Waals surface area contributed by atoms with Gasteiger partial charge in [0.1, 0.15) is 5.94 Å². The van der Waals surface area contributed by atoms with Crippen molar-refractivity contribution in [2.75, 3.05) is 0 Å². The van der Waals surface area contributed by atoms with Crippen LogP contribution in [0.2, 0.25) is 0 Å². The molecule has 0 aromatic heterocycles. The number of rotatable bonds is 1. The van der Waals surface area contributed by atoms with Crippen LogP contribution in [-0.2, 0) is 9.59 Å². The first-order chi connectivity index (χ1) is 6.03. The van der Waals surface area contributed by atoms with Gasteiger partial charge in [0.15, 0.2) is 11.7 Å². The largest absolute Gasteiger partial charge is 0.480 e. The molecule has 0 bridgehead atoms. The zero-order valence-electron chi connectivity index (χ0n) is 6.66. The van der Waals surface area contributed by atoms with E-state index < -0.39 is 23.6 Å². The van der Waals surface area contributed by atoms with E-state index in [4.69, 9.17) is 10.8 Å². The Labute approximate surface area is 73.2 Å². The molecule has 0 saturated heterocycles. The van der Waals surface area contributed by atoms with E-state index in [1.165, 1.54) is 5.94 Å². The third kappa shape index (κ3) is 0.779. The molecule has 4 unspecified atom stereocenters. The molecule has 2 saturated carbocycles. The molecular formula is C8H8FNO3. The molecule has 0 aromatic carbocycles. The Morgan fingerprint density at radius 1 is 1.77 bits per heavy atom. The van der Waals surface area contributed by atoms with Crippen LogP contribution in [-0.4, -0.2) is 28.7 Å². The normalized spacial score (nSPS) is 46.9. The second-order valence-corrected chi connectivity index (χ2v) is 3.61. The van der Waals surface area contributed by atoms with E-state index in [1.54, 1.807) is 0 Å². The summed E-state index contributed by atoms with van der Waals surface area (Å²) in [4.78, 5) is 21.0. The molecular weight excluding hydrogens is 177 g/mol. The average molecular weight is 185 g/mol. The predicted octanol–water partition coefficient (Wildman–Crippen LogP) is -0.486. The van der Waals surface area contributed by atoms with Crippen LogP contribution in [0.15, 0.2) is 5.57 Å².